The average molecular weight is 312 g/mol. The molecule has 0 aliphatic carbocycles. The van der Waals surface area contributed by atoms with E-state index in [4.69, 9.17) is 9.47 Å². The van der Waals surface area contributed by atoms with Gasteiger partial charge in [0.05, 0.1) is 13.2 Å². The van der Waals surface area contributed by atoms with Gasteiger partial charge < -0.3 is 19.7 Å². The van der Waals surface area contributed by atoms with Crippen molar-refractivity contribution in [1.29, 1.82) is 0 Å². The summed E-state index contributed by atoms with van der Waals surface area (Å²) in [7, 11) is 1.51. The minimum Gasteiger partial charge on any atom is -0.382 e. The molecule has 9 heteroatoms. The number of carbonyl (C=O) groups excluding carboxylic acids is 2. The van der Waals surface area contributed by atoms with Gasteiger partial charge in [-0.15, -0.1) is 0 Å². The first-order chi connectivity index (χ1) is 9.84. The van der Waals surface area contributed by atoms with Crippen LogP contribution < -0.4 is 5.32 Å². The molecule has 1 N–H and O–H groups in total. The molecule has 122 valence electrons. The number of nitrogens with zero attached hydrogens (tertiary/aromatic N) is 1. The molecular formula is C12H19F3N2O4. The van der Waals surface area contributed by atoms with E-state index in [9.17, 15) is 22.8 Å². The zero-order chi connectivity index (χ0) is 15.9. The van der Waals surface area contributed by atoms with Crippen molar-refractivity contribution in [2.45, 2.75) is 25.1 Å². The Labute approximate surface area is 120 Å². The summed E-state index contributed by atoms with van der Waals surface area (Å²) >= 11 is 0. The minimum atomic E-state index is -4.84. The fourth-order valence-corrected chi connectivity index (χ4v) is 1.98. The van der Waals surface area contributed by atoms with E-state index in [2.05, 4.69) is 5.32 Å². The number of rotatable bonds is 6. The molecule has 1 saturated heterocycles. The smallest absolute Gasteiger partial charge is 0.382 e. The molecular weight excluding hydrogens is 293 g/mol. The summed E-state index contributed by atoms with van der Waals surface area (Å²) in [5.74, 6) is -2.15. The highest BCUT2D eigenvalue weighted by molar-refractivity contribution is 5.82. The molecule has 0 spiro atoms. The van der Waals surface area contributed by atoms with Gasteiger partial charge in [-0.1, -0.05) is 0 Å². The van der Waals surface area contributed by atoms with Crippen molar-refractivity contribution in [2.24, 2.45) is 0 Å². The third-order valence-electron chi connectivity index (χ3n) is 3.05. The minimum absolute atomic E-state index is 0.0200. The van der Waals surface area contributed by atoms with Crippen molar-refractivity contribution in [1.82, 2.24) is 10.2 Å². The number of likely N-dealkylation sites (tertiary alicyclic amines) is 1. The third kappa shape index (κ3) is 6.30. The highest BCUT2D eigenvalue weighted by atomic mass is 19.4. The largest absolute Gasteiger partial charge is 0.471 e. The number of halogens is 3. The van der Waals surface area contributed by atoms with Gasteiger partial charge in [-0.25, -0.2) is 0 Å². The van der Waals surface area contributed by atoms with Crippen molar-refractivity contribution < 1.29 is 32.2 Å². The topological polar surface area (TPSA) is 67.9 Å². The van der Waals surface area contributed by atoms with E-state index in [1.54, 1.807) is 0 Å². The molecule has 0 bridgehead atoms. The number of carbonyl (C=O) groups is 2. The highest BCUT2D eigenvalue weighted by Gasteiger charge is 2.43. The van der Waals surface area contributed by atoms with Crippen LogP contribution in [0, 0.1) is 0 Å². The lowest BCUT2D eigenvalue weighted by atomic mass is 10.0. The van der Waals surface area contributed by atoms with Crippen LogP contribution in [0.1, 0.15) is 12.8 Å². The van der Waals surface area contributed by atoms with Crippen molar-refractivity contribution in [3.05, 3.63) is 0 Å². The number of alkyl halides is 3. The maximum atomic E-state index is 12.3. The van der Waals surface area contributed by atoms with Crippen molar-refractivity contribution in [3.8, 4) is 0 Å². The summed E-state index contributed by atoms with van der Waals surface area (Å²) in [4.78, 5) is 23.3. The number of amides is 2. The van der Waals surface area contributed by atoms with Crippen LogP contribution in [0.25, 0.3) is 0 Å². The van der Waals surface area contributed by atoms with Crippen LogP contribution in [0.2, 0.25) is 0 Å². The van der Waals surface area contributed by atoms with E-state index < -0.39 is 12.1 Å². The first-order valence-electron chi connectivity index (χ1n) is 6.56. The van der Waals surface area contributed by atoms with Crippen LogP contribution in [0.15, 0.2) is 0 Å². The first kappa shape index (κ1) is 17.7. The number of methoxy groups -OCH3 is 1. The molecule has 21 heavy (non-hydrogen) atoms. The van der Waals surface area contributed by atoms with Crippen LogP contribution >= 0.6 is 0 Å². The van der Waals surface area contributed by atoms with Crippen LogP contribution in [0.4, 0.5) is 13.2 Å². The first-order valence-corrected chi connectivity index (χ1v) is 6.56. The van der Waals surface area contributed by atoms with Gasteiger partial charge in [0, 0.05) is 26.2 Å². The fourth-order valence-electron chi connectivity index (χ4n) is 1.98. The normalized spacial score (nSPS) is 16.9. The second kappa shape index (κ2) is 8.18. The number of piperidine rings is 1. The molecule has 1 rings (SSSR count). The molecule has 0 aromatic rings. The summed E-state index contributed by atoms with van der Waals surface area (Å²) in [6, 6.07) is -0.235. The van der Waals surface area contributed by atoms with E-state index in [0.29, 0.717) is 26.1 Å². The zero-order valence-corrected chi connectivity index (χ0v) is 11.7. The quantitative estimate of drug-likeness (QED) is 0.717. The van der Waals surface area contributed by atoms with Gasteiger partial charge in [-0.2, -0.15) is 13.2 Å². The Bertz CT molecular complexity index is 355. The second-order valence-corrected chi connectivity index (χ2v) is 4.68. The molecule has 1 aliphatic rings. The van der Waals surface area contributed by atoms with E-state index >= 15 is 0 Å². The molecule has 1 fully saturated rings. The summed E-state index contributed by atoms with van der Waals surface area (Å²) in [5.41, 5.74) is 0. The summed E-state index contributed by atoms with van der Waals surface area (Å²) in [6.07, 6.45) is -4.25. The Hall–Kier alpha value is -1.35. The summed E-state index contributed by atoms with van der Waals surface area (Å²) < 4.78 is 46.5. The van der Waals surface area contributed by atoms with E-state index in [-0.39, 0.29) is 31.6 Å². The Balaban J connectivity index is 2.24. The molecule has 1 aliphatic heterocycles. The van der Waals surface area contributed by atoms with Gasteiger partial charge in [0.15, 0.2) is 0 Å². The monoisotopic (exact) mass is 312 g/mol. The molecule has 0 aromatic heterocycles. The number of hydrogen-bond acceptors (Lipinski definition) is 4. The molecule has 6 nitrogen and oxygen atoms in total. The van der Waals surface area contributed by atoms with Crippen molar-refractivity contribution >= 4 is 11.8 Å². The van der Waals surface area contributed by atoms with Crippen LogP contribution in [0.5, 0.6) is 0 Å². The lowest BCUT2D eigenvalue weighted by molar-refractivity contribution is -0.186. The van der Waals surface area contributed by atoms with E-state index in [0.717, 1.165) is 4.90 Å². The molecule has 2 amide bonds. The molecule has 0 aromatic carbocycles. The highest BCUT2D eigenvalue weighted by Crippen LogP contribution is 2.21. The summed E-state index contributed by atoms with van der Waals surface area (Å²) in [5, 5.41) is 2.67. The molecule has 0 radical (unpaired) electrons. The van der Waals surface area contributed by atoms with Gasteiger partial charge in [-0.3, -0.25) is 9.59 Å². The van der Waals surface area contributed by atoms with E-state index in [1.165, 1.54) is 7.11 Å². The molecule has 0 atom stereocenters. The standard InChI is InChI=1S/C12H19F3N2O4/c1-20-6-7-21-8-10(18)16-9-2-4-17(5-3-9)11(19)12(13,14)15/h9H,2-8H2,1H3,(H,16,18). The zero-order valence-electron chi connectivity index (χ0n) is 11.7. The predicted octanol–water partition coefficient (Wildman–Crippen LogP) is 0.319. The maximum absolute atomic E-state index is 12.3. The lowest BCUT2D eigenvalue weighted by Crippen LogP contribution is -2.50. The fraction of sp³-hybridized carbons (Fsp3) is 0.833. The van der Waals surface area contributed by atoms with Crippen molar-refractivity contribution in [2.75, 3.05) is 40.0 Å². The average Bonchev–Trinajstić information content (AvgIpc) is 2.43. The predicted molar refractivity (Wildman–Crippen MR) is 66.5 cm³/mol. The van der Waals surface area contributed by atoms with Crippen LogP contribution in [0.3, 0.4) is 0 Å². The van der Waals surface area contributed by atoms with Gasteiger partial charge in [0.1, 0.15) is 6.61 Å². The molecule has 0 saturated carbocycles. The van der Waals surface area contributed by atoms with Gasteiger partial charge in [-0.05, 0) is 12.8 Å². The second-order valence-electron chi connectivity index (χ2n) is 4.68. The molecule has 0 unspecified atom stereocenters. The SMILES string of the molecule is COCCOCC(=O)NC1CCN(C(=O)C(F)(F)F)CC1. The Morgan fingerprint density at radius 3 is 2.38 bits per heavy atom. The number of hydrogen-bond donors (Lipinski definition) is 1. The van der Waals surface area contributed by atoms with Crippen LogP contribution in [-0.2, 0) is 19.1 Å². The van der Waals surface area contributed by atoms with Gasteiger partial charge in [0.2, 0.25) is 5.91 Å². The third-order valence-corrected chi connectivity index (χ3v) is 3.05. The number of ether oxygens (including phenoxy) is 2. The van der Waals surface area contributed by atoms with Crippen molar-refractivity contribution in [3.63, 3.8) is 0 Å². The van der Waals surface area contributed by atoms with Crippen LogP contribution in [-0.4, -0.2) is 69.0 Å². The maximum Gasteiger partial charge on any atom is 0.471 e. The lowest BCUT2D eigenvalue weighted by Gasteiger charge is -2.32. The Morgan fingerprint density at radius 1 is 1.24 bits per heavy atom. The van der Waals surface area contributed by atoms with Gasteiger partial charge in [0.25, 0.3) is 0 Å². The summed E-state index contributed by atoms with van der Waals surface area (Å²) in [6.45, 7) is 0.514. The Morgan fingerprint density at radius 2 is 1.86 bits per heavy atom. The van der Waals surface area contributed by atoms with E-state index in [1.807, 2.05) is 0 Å². The molecule has 1 heterocycles. The number of nitrogens with one attached hydrogen (secondary N) is 1. The Kier molecular flexibility index (Phi) is 6.90. The van der Waals surface area contributed by atoms with Gasteiger partial charge >= 0.3 is 12.1 Å².